The van der Waals surface area contributed by atoms with Crippen molar-refractivity contribution >= 4 is 12.0 Å². The largest absolute Gasteiger partial charge is 0.379 e. The van der Waals surface area contributed by atoms with Crippen molar-refractivity contribution in [2.45, 2.75) is 31.7 Å². The van der Waals surface area contributed by atoms with Crippen molar-refractivity contribution in [1.82, 2.24) is 9.97 Å². The maximum atomic E-state index is 11.9. The van der Waals surface area contributed by atoms with E-state index < -0.39 is 0 Å². The molecule has 0 spiro atoms. The molecule has 19 heavy (non-hydrogen) atoms. The van der Waals surface area contributed by atoms with Crippen LogP contribution in [-0.4, -0.2) is 35.4 Å². The standard InChI is InChI=1S/C13H18N4O2/c14-6-10-12(15-9-3-4-19-7-9)16-11(17-13(10)18)5-8-1-2-8/h6,8-9,14H,1-5,7H2,(H2,15,16,17,18). The van der Waals surface area contributed by atoms with Gasteiger partial charge >= 0.3 is 0 Å². The molecule has 6 nitrogen and oxygen atoms in total. The molecule has 6 heteroatoms. The van der Waals surface area contributed by atoms with Gasteiger partial charge in [0.1, 0.15) is 11.6 Å². The molecule has 3 N–H and O–H groups in total. The Morgan fingerprint density at radius 1 is 1.47 bits per heavy atom. The average Bonchev–Trinajstić information content (AvgIpc) is 3.03. The molecule has 2 heterocycles. The maximum Gasteiger partial charge on any atom is 0.261 e. The molecule has 1 unspecified atom stereocenters. The van der Waals surface area contributed by atoms with E-state index in [-0.39, 0.29) is 11.6 Å². The van der Waals surface area contributed by atoms with Gasteiger partial charge in [-0.1, -0.05) is 0 Å². The molecule has 2 aliphatic rings. The molecule has 1 saturated heterocycles. The van der Waals surface area contributed by atoms with Crippen molar-refractivity contribution in [3.05, 3.63) is 21.7 Å². The molecule has 1 aliphatic carbocycles. The fourth-order valence-electron chi connectivity index (χ4n) is 2.31. The number of hydrogen-bond donors (Lipinski definition) is 3. The van der Waals surface area contributed by atoms with Crippen molar-refractivity contribution in [2.75, 3.05) is 18.5 Å². The molecule has 1 aromatic heterocycles. The van der Waals surface area contributed by atoms with Gasteiger partial charge in [-0.05, 0) is 25.2 Å². The molecule has 2 fully saturated rings. The van der Waals surface area contributed by atoms with Gasteiger partial charge in [0.25, 0.3) is 5.56 Å². The molecule has 0 radical (unpaired) electrons. The number of H-pyrrole nitrogens is 1. The van der Waals surface area contributed by atoms with E-state index in [1.807, 2.05) is 0 Å². The Morgan fingerprint density at radius 2 is 2.32 bits per heavy atom. The van der Waals surface area contributed by atoms with E-state index in [1.165, 1.54) is 12.8 Å². The first-order valence-electron chi connectivity index (χ1n) is 6.74. The highest BCUT2D eigenvalue weighted by molar-refractivity contribution is 5.83. The van der Waals surface area contributed by atoms with Gasteiger partial charge in [0.15, 0.2) is 0 Å². The summed E-state index contributed by atoms with van der Waals surface area (Å²) in [7, 11) is 0. The third kappa shape index (κ3) is 2.84. The molecular weight excluding hydrogens is 244 g/mol. The second-order valence-corrected chi connectivity index (χ2v) is 5.27. The van der Waals surface area contributed by atoms with Gasteiger partial charge in [-0.2, -0.15) is 0 Å². The lowest BCUT2D eigenvalue weighted by Gasteiger charge is -2.14. The zero-order chi connectivity index (χ0) is 13.2. The smallest absolute Gasteiger partial charge is 0.261 e. The van der Waals surface area contributed by atoms with Gasteiger partial charge in [-0.15, -0.1) is 0 Å². The number of anilines is 1. The molecule has 3 rings (SSSR count). The molecule has 1 aliphatic heterocycles. The van der Waals surface area contributed by atoms with Gasteiger partial charge < -0.3 is 20.4 Å². The summed E-state index contributed by atoms with van der Waals surface area (Å²) in [5.74, 6) is 1.90. The Hall–Kier alpha value is -1.69. The van der Waals surface area contributed by atoms with Gasteiger partial charge in [0.05, 0.1) is 18.2 Å². The van der Waals surface area contributed by atoms with E-state index in [0.29, 0.717) is 23.9 Å². The lowest BCUT2D eigenvalue weighted by molar-refractivity contribution is 0.195. The lowest BCUT2D eigenvalue weighted by atomic mass is 10.2. The molecule has 0 aromatic carbocycles. The maximum absolute atomic E-state index is 11.9. The topological polar surface area (TPSA) is 90.9 Å². The first-order valence-corrected chi connectivity index (χ1v) is 6.74. The van der Waals surface area contributed by atoms with Crippen molar-refractivity contribution in [2.24, 2.45) is 5.92 Å². The van der Waals surface area contributed by atoms with Crippen molar-refractivity contribution in [3.8, 4) is 0 Å². The van der Waals surface area contributed by atoms with Gasteiger partial charge in [0, 0.05) is 19.2 Å². The summed E-state index contributed by atoms with van der Waals surface area (Å²) >= 11 is 0. The van der Waals surface area contributed by atoms with Gasteiger partial charge in [-0.25, -0.2) is 4.98 Å². The van der Waals surface area contributed by atoms with Crippen molar-refractivity contribution < 1.29 is 4.74 Å². The van der Waals surface area contributed by atoms with Crippen molar-refractivity contribution in [3.63, 3.8) is 0 Å². The monoisotopic (exact) mass is 262 g/mol. The fraction of sp³-hybridized carbons (Fsp3) is 0.615. The van der Waals surface area contributed by atoms with Crippen LogP contribution in [-0.2, 0) is 11.2 Å². The summed E-state index contributed by atoms with van der Waals surface area (Å²) in [4.78, 5) is 19.2. The van der Waals surface area contributed by atoms with E-state index in [1.54, 1.807) is 0 Å². The quantitative estimate of drug-likeness (QED) is 0.688. The normalized spacial score (nSPS) is 22.4. The molecule has 1 aromatic rings. The predicted octanol–water partition coefficient (Wildman–Crippen LogP) is 0.921. The Balaban J connectivity index is 1.86. The third-order valence-electron chi connectivity index (χ3n) is 3.60. The van der Waals surface area contributed by atoms with Crippen LogP contribution in [0.3, 0.4) is 0 Å². The van der Waals surface area contributed by atoms with Crippen LogP contribution in [0.4, 0.5) is 5.82 Å². The molecule has 1 saturated carbocycles. The number of hydrogen-bond acceptors (Lipinski definition) is 5. The highest BCUT2D eigenvalue weighted by Crippen LogP contribution is 2.31. The molecule has 0 bridgehead atoms. The third-order valence-corrected chi connectivity index (χ3v) is 3.60. The molecule has 102 valence electrons. The fourth-order valence-corrected chi connectivity index (χ4v) is 2.31. The summed E-state index contributed by atoms with van der Waals surface area (Å²) in [6.07, 6.45) is 5.22. The Kier molecular flexibility index (Phi) is 3.33. The number of nitrogens with one attached hydrogen (secondary N) is 3. The van der Waals surface area contributed by atoms with Gasteiger partial charge in [0.2, 0.25) is 0 Å². The zero-order valence-electron chi connectivity index (χ0n) is 10.7. The Bertz CT molecular complexity index is 530. The molecular formula is C13H18N4O2. The lowest BCUT2D eigenvalue weighted by Crippen LogP contribution is -2.26. The summed E-state index contributed by atoms with van der Waals surface area (Å²) < 4.78 is 5.30. The number of rotatable bonds is 5. The van der Waals surface area contributed by atoms with Crippen LogP contribution in [0.25, 0.3) is 0 Å². The van der Waals surface area contributed by atoms with Crippen LogP contribution in [0.5, 0.6) is 0 Å². The number of ether oxygens (including phenoxy) is 1. The van der Waals surface area contributed by atoms with Crippen molar-refractivity contribution in [1.29, 1.82) is 5.41 Å². The van der Waals surface area contributed by atoms with E-state index in [4.69, 9.17) is 10.1 Å². The van der Waals surface area contributed by atoms with E-state index in [0.717, 1.165) is 31.5 Å². The van der Waals surface area contributed by atoms with E-state index >= 15 is 0 Å². The number of aromatic nitrogens is 2. The van der Waals surface area contributed by atoms with Crippen LogP contribution in [0.15, 0.2) is 4.79 Å². The second-order valence-electron chi connectivity index (χ2n) is 5.27. The van der Waals surface area contributed by atoms with Crippen LogP contribution in [0.2, 0.25) is 0 Å². The SMILES string of the molecule is N=Cc1c(NC2CCOC2)nc(CC2CC2)[nH]c1=O. The van der Waals surface area contributed by atoms with Crippen LogP contribution < -0.4 is 10.9 Å². The van der Waals surface area contributed by atoms with Crippen LogP contribution in [0, 0.1) is 11.3 Å². The minimum Gasteiger partial charge on any atom is -0.379 e. The minimum atomic E-state index is -0.234. The summed E-state index contributed by atoms with van der Waals surface area (Å²) in [6.45, 7) is 1.36. The second kappa shape index (κ2) is 5.13. The average molecular weight is 262 g/mol. The predicted molar refractivity (Wildman–Crippen MR) is 72.0 cm³/mol. The Morgan fingerprint density at radius 3 is 2.95 bits per heavy atom. The van der Waals surface area contributed by atoms with Crippen LogP contribution >= 0.6 is 0 Å². The van der Waals surface area contributed by atoms with Gasteiger partial charge in [-0.3, -0.25) is 4.79 Å². The zero-order valence-corrected chi connectivity index (χ0v) is 10.7. The summed E-state index contributed by atoms with van der Waals surface area (Å²) in [5.41, 5.74) is 0.0634. The van der Waals surface area contributed by atoms with Crippen LogP contribution in [0.1, 0.15) is 30.7 Å². The highest BCUT2D eigenvalue weighted by atomic mass is 16.5. The highest BCUT2D eigenvalue weighted by Gasteiger charge is 2.24. The van der Waals surface area contributed by atoms with E-state index in [9.17, 15) is 4.79 Å². The number of aromatic amines is 1. The first-order chi connectivity index (χ1) is 9.26. The summed E-state index contributed by atoms with van der Waals surface area (Å²) in [5, 5.41) is 10.6. The Labute approximate surface area is 111 Å². The van der Waals surface area contributed by atoms with E-state index in [2.05, 4.69) is 15.3 Å². The first kappa shape index (κ1) is 12.3. The number of nitrogens with zero attached hydrogens (tertiary/aromatic N) is 1. The summed E-state index contributed by atoms with van der Waals surface area (Å²) in [6, 6.07) is 0.182. The molecule has 0 amide bonds. The minimum absolute atomic E-state index is 0.182. The molecule has 1 atom stereocenters.